The number of aliphatic hydroxyl groups is 1. The lowest BCUT2D eigenvalue weighted by Crippen LogP contribution is -2.37. The van der Waals surface area contributed by atoms with E-state index in [1.807, 2.05) is 11.0 Å². The van der Waals surface area contributed by atoms with Crippen molar-refractivity contribution in [1.29, 1.82) is 10.5 Å². The van der Waals surface area contributed by atoms with E-state index in [0.717, 1.165) is 19.4 Å². The molecular weight excluding hydrogens is 280 g/mol. The molecule has 1 aliphatic rings. The maximum absolute atomic E-state index is 9.43. The van der Waals surface area contributed by atoms with E-state index in [9.17, 15) is 5.11 Å². The van der Waals surface area contributed by atoms with Crippen molar-refractivity contribution >= 4 is 11.7 Å². The van der Waals surface area contributed by atoms with E-state index >= 15 is 0 Å². The van der Waals surface area contributed by atoms with Crippen LogP contribution in [0.1, 0.15) is 18.4 Å². The minimum absolute atomic E-state index is 0.159. The number of nitrogens with zero attached hydrogens (tertiary/aromatic N) is 5. The predicted molar refractivity (Wildman–Crippen MR) is 82.2 cm³/mol. The van der Waals surface area contributed by atoms with E-state index < -0.39 is 0 Å². The molecule has 0 bridgehead atoms. The number of anilines is 1. The van der Waals surface area contributed by atoms with Gasteiger partial charge in [0, 0.05) is 19.3 Å². The summed E-state index contributed by atoms with van der Waals surface area (Å²) in [4.78, 5) is 10.3. The van der Waals surface area contributed by atoms with E-state index in [-0.39, 0.29) is 12.6 Å². The highest BCUT2D eigenvalue weighted by atomic mass is 16.3. The van der Waals surface area contributed by atoms with Gasteiger partial charge in [0.15, 0.2) is 0 Å². The van der Waals surface area contributed by atoms with Gasteiger partial charge in [0.25, 0.3) is 0 Å². The fourth-order valence-corrected chi connectivity index (χ4v) is 2.37. The Morgan fingerprint density at radius 2 is 2.36 bits per heavy atom. The maximum Gasteiger partial charge on any atom is 0.126 e. The molecule has 114 valence electrons. The van der Waals surface area contributed by atoms with Crippen LogP contribution in [0.4, 0.5) is 5.82 Å². The second-order valence-electron chi connectivity index (χ2n) is 4.91. The van der Waals surface area contributed by atoms with Crippen LogP contribution in [0, 0.1) is 22.7 Å². The van der Waals surface area contributed by atoms with Gasteiger partial charge in [-0.3, -0.25) is 4.99 Å². The van der Waals surface area contributed by atoms with Crippen molar-refractivity contribution in [2.75, 3.05) is 31.6 Å². The van der Waals surface area contributed by atoms with Gasteiger partial charge in [-0.25, -0.2) is 4.98 Å². The zero-order valence-electron chi connectivity index (χ0n) is 12.2. The lowest BCUT2D eigenvalue weighted by atomic mass is 10.2. The average Bonchev–Trinajstić information content (AvgIpc) is 3.04. The van der Waals surface area contributed by atoms with Crippen molar-refractivity contribution in [1.82, 2.24) is 9.88 Å². The number of aliphatic hydroxyl groups excluding tert-OH is 1. The Morgan fingerprint density at radius 3 is 3.00 bits per heavy atom. The van der Waals surface area contributed by atoms with Crippen molar-refractivity contribution < 1.29 is 5.11 Å². The largest absolute Gasteiger partial charge is 0.388 e. The van der Waals surface area contributed by atoms with Crippen LogP contribution >= 0.6 is 0 Å². The third kappa shape index (κ3) is 3.94. The number of rotatable bonds is 5. The van der Waals surface area contributed by atoms with Gasteiger partial charge < -0.3 is 15.3 Å². The molecule has 1 aromatic heterocycles. The molecule has 0 radical (unpaired) electrons. The van der Waals surface area contributed by atoms with Crippen molar-refractivity contribution in [2.45, 2.75) is 18.9 Å². The van der Waals surface area contributed by atoms with Crippen LogP contribution in [0.2, 0.25) is 0 Å². The molecule has 0 aliphatic carbocycles. The summed E-state index contributed by atoms with van der Waals surface area (Å²) >= 11 is 0. The zero-order chi connectivity index (χ0) is 15.8. The van der Waals surface area contributed by atoms with Gasteiger partial charge in [0.1, 0.15) is 30.4 Å². The van der Waals surface area contributed by atoms with Crippen LogP contribution < -0.4 is 5.32 Å². The Balaban J connectivity index is 1.85. The lowest BCUT2D eigenvalue weighted by Gasteiger charge is -2.22. The Hall–Kier alpha value is -2.64. The molecule has 2 rings (SSSR count). The fourth-order valence-electron chi connectivity index (χ4n) is 2.37. The van der Waals surface area contributed by atoms with E-state index in [0.29, 0.717) is 30.3 Å². The number of amidine groups is 1. The van der Waals surface area contributed by atoms with Crippen LogP contribution in [-0.4, -0.2) is 53.1 Å². The summed E-state index contributed by atoms with van der Waals surface area (Å²) in [6.07, 6.45) is 3.28. The Bertz CT molecular complexity index is 598. The molecule has 1 aliphatic heterocycles. The molecule has 7 heteroatoms. The third-order valence-corrected chi connectivity index (χ3v) is 3.48. The Labute approximate surface area is 129 Å². The number of pyridine rings is 1. The molecule has 1 unspecified atom stereocenters. The molecule has 2 N–H and O–H groups in total. The molecule has 0 saturated carbocycles. The minimum Gasteiger partial charge on any atom is -0.388 e. The first-order valence-corrected chi connectivity index (χ1v) is 7.19. The summed E-state index contributed by atoms with van der Waals surface area (Å²) in [5, 5.41) is 30.3. The van der Waals surface area contributed by atoms with E-state index in [2.05, 4.69) is 21.4 Å². The average molecular weight is 298 g/mol. The molecule has 2 heterocycles. The van der Waals surface area contributed by atoms with Crippen molar-refractivity contribution in [3.63, 3.8) is 0 Å². The second-order valence-corrected chi connectivity index (χ2v) is 4.91. The molecule has 22 heavy (non-hydrogen) atoms. The second kappa shape index (κ2) is 7.96. The summed E-state index contributed by atoms with van der Waals surface area (Å²) in [6, 6.07) is 7.50. The summed E-state index contributed by atoms with van der Waals surface area (Å²) in [5.41, 5.74) is 0.516. The standard InChI is InChI=1S/C15H18N6O/c16-8-12-3-4-14(20-10-12)18-5-6-19-15(11-22)21-7-1-2-13(21)9-17/h3-4,10,13,22H,1-2,5-7,11H2,(H,18,20). The number of aromatic nitrogens is 1. The monoisotopic (exact) mass is 298 g/mol. The number of likely N-dealkylation sites (tertiary alicyclic amines) is 1. The van der Waals surface area contributed by atoms with E-state index in [1.54, 1.807) is 12.1 Å². The number of nitrogens with one attached hydrogen (secondary N) is 1. The highest BCUT2D eigenvalue weighted by Crippen LogP contribution is 2.16. The van der Waals surface area contributed by atoms with Gasteiger partial charge in [-0.15, -0.1) is 0 Å². The van der Waals surface area contributed by atoms with Crippen LogP contribution in [0.3, 0.4) is 0 Å². The van der Waals surface area contributed by atoms with Crippen LogP contribution in [0.5, 0.6) is 0 Å². The normalized spacial score (nSPS) is 17.9. The predicted octanol–water partition coefficient (Wildman–Crippen LogP) is 0.744. The lowest BCUT2D eigenvalue weighted by molar-refractivity contribution is 0.323. The summed E-state index contributed by atoms with van der Waals surface area (Å²) in [7, 11) is 0. The molecule has 7 nitrogen and oxygen atoms in total. The van der Waals surface area contributed by atoms with Gasteiger partial charge in [-0.1, -0.05) is 0 Å². The van der Waals surface area contributed by atoms with Crippen LogP contribution in [-0.2, 0) is 0 Å². The van der Waals surface area contributed by atoms with Crippen molar-refractivity contribution in [2.24, 2.45) is 4.99 Å². The fraction of sp³-hybridized carbons (Fsp3) is 0.467. The van der Waals surface area contributed by atoms with Gasteiger partial charge in [0.05, 0.1) is 18.2 Å². The highest BCUT2D eigenvalue weighted by molar-refractivity contribution is 5.84. The van der Waals surface area contributed by atoms with Gasteiger partial charge >= 0.3 is 0 Å². The van der Waals surface area contributed by atoms with E-state index in [4.69, 9.17) is 10.5 Å². The first-order valence-electron chi connectivity index (χ1n) is 7.19. The summed E-state index contributed by atoms with van der Waals surface area (Å²) < 4.78 is 0. The number of aliphatic imine (C=N–C) groups is 1. The molecule has 1 saturated heterocycles. The number of nitriles is 2. The van der Waals surface area contributed by atoms with Gasteiger partial charge in [-0.05, 0) is 25.0 Å². The zero-order valence-corrected chi connectivity index (χ0v) is 12.2. The molecule has 1 atom stereocenters. The summed E-state index contributed by atoms with van der Waals surface area (Å²) in [6.45, 7) is 1.65. The Morgan fingerprint density at radius 1 is 1.50 bits per heavy atom. The maximum atomic E-state index is 9.43. The van der Waals surface area contributed by atoms with Gasteiger partial charge in [0.2, 0.25) is 0 Å². The Kier molecular flexibility index (Phi) is 5.70. The van der Waals surface area contributed by atoms with E-state index in [1.165, 1.54) is 6.20 Å². The van der Waals surface area contributed by atoms with Crippen molar-refractivity contribution in [3.05, 3.63) is 23.9 Å². The first-order chi connectivity index (χ1) is 10.8. The van der Waals surface area contributed by atoms with Crippen LogP contribution in [0.25, 0.3) is 0 Å². The SMILES string of the molecule is N#Cc1ccc(NCCN=C(CO)N2CCCC2C#N)nc1. The third-order valence-electron chi connectivity index (χ3n) is 3.48. The number of hydrogen-bond acceptors (Lipinski definition) is 6. The van der Waals surface area contributed by atoms with Crippen LogP contribution in [0.15, 0.2) is 23.3 Å². The summed E-state index contributed by atoms with van der Waals surface area (Å²) in [5.74, 6) is 1.24. The quantitative estimate of drug-likeness (QED) is 0.471. The smallest absolute Gasteiger partial charge is 0.126 e. The topological polar surface area (TPSA) is 108 Å². The highest BCUT2D eigenvalue weighted by Gasteiger charge is 2.26. The first kappa shape index (κ1) is 15.7. The minimum atomic E-state index is -0.181. The van der Waals surface area contributed by atoms with Gasteiger partial charge in [-0.2, -0.15) is 10.5 Å². The van der Waals surface area contributed by atoms with Crippen molar-refractivity contribution in [3.8, 4) is 12.1 Å². The molecule has 0 aromatic carbocycles. The molecule has 1 fully saturated rings. The molecular formula is C15H18N6O. The molecule has 0 amide bonds. The molecule has 1 aromatic rings. The number of hydrogen-bond donors (Lipinski definition) is 2. The molecule has 0 spiro atoms.